The van der Waals surface area contributed by atoms with Gasteiger partial charge in [0.25, 0.3) is 5.91 Å². The van der Waals surface area contributed by atoms with Crippen molar-refractivity contribution in [1.29, 1.82) is 0 Å². The van der Waals surface area contributed by atoms with Crippen LogP contribution in [0.25, 0.3) is 0 Å². The molecule has 148 valence electrons. The van der Waals surface area contributed by atoms with E-state index in [0.29, 0.717) is 13.1 Å². The van der Waals surface area contributed by atoms with Gasteiger partial charge in [0.05, 0.1) is 0 Å². The minimum Gasteiger partial charge on any atom is -0.444 e. The van der Waals surface area contributed by atoms with Gasteiger partial charge in [0.15, 0.2) is 0 Å². The summed E-state index contributed by atoms with van der Waals surface area (Å²) in [5, 5.41) is 0. The molecule has 0 bridgehead atoms. The van der Waals surface area contributed by atoms with E-state index in [4.69, 9.17) is 4.74 Å². The summed E-state index contributed by atoms with van der Waals surface area (Å²) in [5.41, 5.74) is 1.49. The number of nitrogens with zero attached hydrogens (tertiary/aromatic N) is 2. The summed E-state index contributed by atoms with van der Waals surface area (Å²) in [5.74, 6) is 0.108. The lowest BCUT2D eigenvalue weighted by Gasteiger charge is -2.39. The number of aryl methyl sites for hydroxylation is 1. The van der Waals surface area contributed by atoms with Crippen molar-refractivity contribution in [3.05, 3.63) is 33.8 Å². The SMILES string of the molecule is Cc1cc(C(=O)N2CCC3(CCN(C(=O)OC(C)(C)C)CC3)C2)ccc1Br. The van der Waals surface area contributed by atoms with Gasteiger partial charge in [-0.2, -0.15) is 0 Å². The van der Waals surface area contributed by atoms with Crippen molar-refractivity contribution in [2.24, 2.45) is 5.41 Å². The number of amides is 2. The Morgan fingerprint density at radius 2 is 1.67 bits per heavy atom. The summed E-state index contributed by atoms with van der Waals surface area (Å²) in [6.07, 6.45) is 2.63. The molecule has 1 spiro atoms. The third kappa shape index (κ3) is 4.65. The maximum atomic E-state index is 12.9. The van der Waals surface area contributed by atoms with E-state index < -0.39 is 5.60 Å². The summed E-state index contributed by atoms with van der Waals surface area (Å²) in [4.78, 5) is 28.9. The van der Waals surface area contributed by atoms with Gasteiger partial charge in [0, 0.05) is 36.2 Å². The van der Waals surface area contributed by atoms with Crippen LogP contribution >= 0.6 is 15.9 Å². The number of ether oxygens (including phenoxy) is 1. The number of hydrogen-bond donors (Lipinski definition) is 0. The number of benzene rings is 1. The number of carbonyl (C=O) groups is 2. The first-order valence-corrected chi connectivity index (χ1v) is 10.4. The van der Waals surface area contributed by atoms with Gasteiger partial charge in [-0.3, -0.25) is 4.79 Å². The topological polar surface area (TPSA) is 49.9 Å². The van der Waals surface area contributed by atoms with E-state index in [1.807, 2.05) is 50.8 Å². The molecule has 2 aliphatic heterocycles. The van der Waals surface area contributed by atoms with Crippen molar-refractivity contribution in [1.82, 2.24) is 9.80 Å². The van der Waals surface area contributed by atoms with Gasteiger partial charge in [-0.05, 0) is 76.1 Å². The average Bonchev–Trinajstić information content (AvgIpc) is 2.99. The predicted molar refractivity (Wildman–Crippen MR) is 109 cm³/mol. The van der Waals surface area contributed by atoms with E-state index in [-0.39, 0.29) is 17.4 Å². The van der Waals surface area contributed by atoms with E-state index in [0.717, 1.165) is 48.0 Å². The molecule has 27 heavy (non-hydrogen) atoms. The molecule has 2 heterocycles. The van der Waals surface area contributed by atoms with Crippen LogP contribution < -0.4 is 0 Å². The zero-order valence-corrected chi connectivity index (χ0v) is 18.3. The number of halogens is 1. The second kappa shape index (κ2) is 7.46. The fraction of sp³-hybridized carbons (Fsp3) is 0.619. The van der Waals surface area contributed by atoms with Gasteiger partial charge < -0.3 is 14.5 Å². The van der Waals surface area contributed by atoms with Gasteiger partial charge in [-0.25, -0.2) is 4.79 Å². The van der Waals surface area contributed by atoms with Crippen molar-refractivity contribution in [3.8, 4) is 0 Å². The van der Waals surface area contributed by atoms with Gasteiger partial charge in [-0.1, -0.05) is 15.9 Å². The largest absolute Gasteiger partial charge is 0.444 e. The predicted octanol–water partition coefficient (Wildman–Crippen LogP) is 4.62. The summed E-state index contributed by atoms with van der Waals surface area (Å²) in [6, 6.07) is 5.77. The van der Waals surface area contributed by atoms with Gasteiger partial charge >= 0.3 is 6.09 Å². The van der Waals surface area contributed by atoms with E-state index in [2.05, 4.69) is 15.9 Å². The molecule has 1 aromatic carbocycles. The van der Waals surface area contributed by atoms with Crippen LogP contribution in [0.1, 0.15) is 56.0 Å². The molecule has 2 aliphatic rings. The van der Waals surface area contributed by atoms with E-state index in [1.54, 1.807) is 4.90 Å². The van der Waals surface area contributed by atoms with Gasteiger partial charge in [-0.15, -0.1) is 0 Å². The zero-order chi connectivity index (χ0) is 19.8. The number of rotatable bonds is 1. The van der Waals surface area contributed by atoms with E-state index >= 15 is 0 Å². The van der Waals surface area contributed by atoms with Crippen LogP contribution in [0.4, 0.5) is 4.79 Å². The first kappa shape index (κ1) is 20.2. The van der Waals surface area contributed by atoms with Crippen molar-refractivity contribution < 1.29 is 14.3 Å². The van der Waals surface area contributed by atoms with Crippen molar-refractivity contribution in [2.75, 3.05) is 26.2 Å². The lowest BCUT2D eigenvalue weighted by atomic mass is 9.78. The monoisotopic (exact) mass is 436 g/mol. The average molecular weight is 437 g/mol. The van der Waals surface area contributed by atoms with E-state index in [1.165, 1.54) is 0 Å². The normalized spacial score (nSPS) is 19.4. The zero-order valence-electron chi connectivity index (χ0n) is 16.7. The minimum absolute atomic E-state index is 0.108. The first-order valence-electron chi connectivity index (χ1n) is 9.62. The molecule has 0 aromatic heterocycles. The quantitative estimate of drug-likeness (QED) is 0.644. The summed E-state index contributed by atoms with van der Waals surface area (Å²) >= 11 is 3.49. The number of carbonyl (C=O) groups excluding carboxylic acids is 2. The molecule has 0 aliphatic carbocycles. The Balaban J connectivity index is 1.59. The Morgan fingerprint density at radius 1 is 1.07 bits per heavy atom. The Morgan fingerprint density at radius 3 is 2.22 bits per heavy atom. The maximum Gasteiger partial charge on any atom is 0.410 e. The standard InChI is InChI=1S/C21H29BrN2O3/c1-15-13-16(5-6-17(15)22)18(25)24-12-9-21(14-24)7-10-23(11-8-21)19(26)27-20(2,3)4/h5-6,13H,7-12,14H2,1-4H3. The molecule has 1 aromatic rings. The van der Waals surface area contributed by atoms with Crippen molar-refractivity contribution in [3.63, 3.8) is 0 Å². The first-order chi connectivity index (χ1) is 12.6. The molecule has 0 radical (unpaired) electrons. The Hall–Kier alpha value is -1.56. The van der Waals surface area contributed by atoms with Gasteiger partial charge in [0.2, 0.25) is 0 Å². The lowest BCUT2D eigenvalue weighted by molar-refractivity contribution is 0.0108. The number of hydrogen-bond acceptors (Lipinski definition) is 3. The minimum atomic E-state index is -0.467. The van der Waals surface area contributed by atoms with Crippen molar-refractivity contribution in [2.45, 2.75) is 52.6 Å². The summed E-state index contributed by atoms with van der Waals surface area (Å²) in [7, 11) is 0. The summed E-state index contributed by atoms with van der Waals surface area (Å²) in [6.45, 7) is 10.6. The number of likely N-dealkylation sites (tertiary alicyclic amines) is 2. The summed E-state index contributed by atoms with van der Waals surface area (Å²) < 4.78 is 6.50. The highest BCUT2D eigenvalue weighted by Gasteiger charge is 2.43. The molecular formula is C21H29BrN2O3. The number of piperidine rings is 1. The fourth-order valence-electron chi connectivity index (χ4n) is 3.97. The second-order valence-corrected chi connectivity index (χ2v) is 9.76. The third-order valence-electron chi connectivity index (χ3n) is 5.61. The molecule has 0 unspecified atom stereocenters. The smallest absolute Gasteiger partial charge is 0.410 e. The molecule has 5 nitrogen and oxygen atoms in total. The third-order valence-corrected chi connectivity index (χ3v) is 6.50. The van der Waals surface area contributed by atoms with Crippen LogP contribution in [0, 0.1) is 12.3 Å². The molecular weight excluding hydrogens is 408 g/mol. The molecule has 2 saturated heterocycles. The van der Waals surface area contributed by atoms with Crippen LogP contribution in [0.2, 0.25) is 0 Å². The molecule has 0 atom stereocenters. The second-order valence-electron chi connectivity index (χ2n) is 8.91. The van der Waals surface area contributed by atoms with Gasteiger partial charge in [0.1, 0.15) is 5.60 Å². The highest BCUT2D eigenvalue weighted by molar-refractivity contribution is 9.10. The molecule has 0 N–H and O–H groups in total. The van der Waals surface area contributed by atoms with Crippen LogP contribution in [0.5, 0.6) is 0 Å². The molecule has 2 amide bonds. The van der Waals surface area contributed by atoms with Crippen LogP contribution in [-0.2, 0) is 4.74 Å². The molecule has 2 fully saturated rings. The molecule has 6 heteroatoms. The highest BCUT2D eigenvalue weighted by Crippen LogP contribution is 2.41. The molecule has 0 saturated carbocycles. The fourth-order valence-corrected chi connectivity index (χ4v) is 4.21. The Labute approximate surface area is 170 Å². The maximum absolute atomic E-state index is 12.9. The van der Waals surface area contributed by atoms with Crippen LogP contribution in [0.15, 0.2) is 22.7 Å². The van der Waals surface area contributed by atoms with E-state index in [9.17, 15) is 9.59 Å². The Kier molecular flexibility index (Phi) is 5.57. The van der Waals surface area contributed by atoms with Crippen molar-refractivity contribution >= 4 is 27.9 Å². The Bertz CT molecular complexity index is 733. The highest BCUT2D eigenvalue weighted by atomic mass is 79.9. The van der Waals surface area contributed by atoms with Crippen LogP contribution in [0.3, 0.4) is 0 Å². The van der Waals surface area contributed by atoms with Crippen LogP contribution in [-0.4, -0.2) is 53.6 Å². The molecule has 3 rings (SSSR count). The lowest BCUT2D eigenvalue weighted by Crippen LogP contribution is -2.46.